The molecule has 7 nitrogen and oxygen atoms in total. The normalized spacial score (nSPS) is 27.4. The predicted octanol–water partition coefficient (Wildman–Crippen LogP) is 1.55. The van der Waals surface area contributed by atoms with E-state index in [9.17, 15) is 14.7 Å². The van der Waals surface area contributed by atoms with Crippen molar-refractivity contribution in [2.45, 2.75) is 64.5 Å². The second kappa shape index (κ2) is 6.08. The van der Waals surface area contributed by atoms with Crippen LogP contribution in [-0.4, -0.2) is 57.1 Å². The van der Waals surface area contributed by atoms with Crippen LogP contribution in [0.15, 0.2) is 4.52 Å². The Morgan fingerprint density at radius 1 is 1.27 bits per heavy atom. The highest BCUT2D eigenvalue weighted by Crippen LogP contribution is 2.42. The van der Waals surface area contributed by atoms with Gasteiger partial charge in [0.15, 0.2) is 0 Å². The maximum absolute atomic E-state index is 12.6. The third-order valence-electron chi connectivity index (χ3n) is 6.49. The quantitative estimate of drug-likeness (QED) is 0.879. The molecule has 2 saturated heterocycles. The summed E-state index contributed by atoms with van der Waals surface area (Å²) >= 11 is 0. The van der Waals surface area contributed by atoms with Crippen molar-refractivity contribution >= 4 is 11.8 Å². The zero-order valence-corrected chi connectivity index (χ0v) is 15.6. The molecule has 4 rings (SSSR count). The Morgan fingerprint density at radius 3 is 2.65 bits per heavy atom. The highest BCUT2D eigenvalue weighted by Gasteiger charge is 2.49. The molecule has 1 aromatic rings. The monoisotopic (exact) mass is 361 g/mol. The van der Waals surface area contributed by atoms with Crippen LogP contribution in [0.3, 0.4) is 0 Å². The molecule has 1 N–H and O–H groups in total. The Labute approximate surface area is 153 Å². The molecule has 2 aliphatic heterocycles. The second-order valence-electron chi connectivity index (χ2n) is 8.55. The molecule has 7 heteroatoms. The lowest BCUT2D eigenvalue weighted by Crippen LogP contribution is -2.43. The standard InChI is InChI=1S/C19H27N3O4/c1-13-15(14(2)26-20-13)10-22-12-18(8-16(22)23)6-7-21(11-18)17(24)9-19(25)4-3-5-19/h25H,3-12H2,1-2H3. The molecular formula is C19H27N3O4. The Morgan fingerprint density at radius 2 is 2.04 bits per heavy atom. The molecule has 26 heavy (non-hydrogen) atoms. The van der Waals surface area contributed by atoms with Crippen molar-refractivity contribution in [3.63, 3.8) is 0 Å². The number of aromatic nitrogens is 1. The second-order valence-corrected chi connectivity index (χ2v) is 8.55. The molecular weight excluding hydrogens is 334 g/mol. The molecule has 1 aliphatic carbocycles. The molecule has 1 atom stereocenters. The van der Waals surface area contributed by atoms with Gasteiger partial charge in [-0.3, -0.25) is 9.59 Å². The van der Waals surface area contributed by atoms with E-state index < -0.39 is 5.60 Å². The fraction of sp³-hybridized carbons (Fsp3) is 0.737. The van der Waals surface area contributed by atoms with Gasteiger partial charge in [-0.05, 0) is 39.5 Å². The first-order valence-corrected chi connectivity index (χ1v) is 9.49. The zero-order valence-electron chi connectivity index (χ0n) is 15.6. The van der Waals surface area contributed by atoms with Gasteiger partial charge in [0.1, 0.15) is 5.76 Å². The minimum Gasteiger partial charge on any atom is -0.389 e. The molecule has 3 aliphatic rings. The van der Waals surface area contributed by atoms with Gasteiger partial charge in [-0.25, -0.2) is 0 Å². The first-order valence-electron chi connectivity index (χ1n) is 9.49. The molecule has 142 valence electrons. The van der Waals surface area contributed by atoms with Crippen LogP contribution in [0.4, 0.5) is 0 Å². The number of hydrogen-bond donors (Lipinski definition) is 1. The maximum Gasteiger partial charge on any atom is 0.225 e. The fourth-order valence-corrected chi connectivity index (χ4v) is 4.62. The van der Waals surface area contributed by atoms with E-state index in [1.807, 2.05) is 23.6 Å². The van der Waals surface area contributed by atoms with Crippen LogP contribution in [0.1, 0.15) is 55.5 Å². The van der Waals surface area contributed by atoms with Gasteiger partial charge in [0.2, 0.25) is 11.8 Å². The fourth-order valence-electron chi connectivity index (χ4n) is 4.62. The van der Waals surface area contributed by atoms with E-state index in [4.69, 9.17) is 4.52 Å². The minimum atomic E-state index is -0.784. The lowest BCUT2D eigenvalue weighted by Gasteiger charge is -2.37. The van der Waals surface area contributed by atoms with E-state index in [0.29, 0.717) is 32.6 Å². The Bertz CT molecular complexity index is 720. The van der Waals surface area contributed by atoms with Gasteiger partial charge in [-0.15, -0.1) is 0 Å². The van der Waals surface area contributed by atoms with Crippen molar-refractivity contribution in [3.8, 4) is 0 Å². The van der Waals surface area contributed by atoms with Gasteiger partial charge in [0.05, 0.1) is 24.3 Å². The summed E-state index contributed by atoms with van der Waals surface area (Å²) in [6, 6.07) is 0. The van der Waals surface area contributed by atoms with Gasteiger partial charge in [-0.1, -0.05) is 5.16 Å². The van der Waals surface area contributed by atoms with Crippen LogP contribution >= 0.6 is 0 Å². The molecule has 0 aromatic carbocycles. The smallest absolute Gasteiger partial charge is 0.225 e. The third kappa shape index (κ3) is 3.02. The van der Waals surface area contributed by atoms with Gasteiger partial charge < -0.3 is 19.4 Å². The van der Waals surface area contributed by atoms with Crippen LogP contribution in [0, 0.1) is 19.3 Å². The van der Waals surface area contributed by atoms with Crippen LogP contribution in [0.25, 0.3) is 0 Å². The summed E-state index contributed by atoms with van der Waals surface area (Å²) in [5.41, 5.74) is 0.878. The average Bonchev–Trinajstić information content (AvgIpc) is 3.20. The van der Waals surface area contributed by atoms with Crippen LogP contribution in [0.2, 0.25) is 0 Å². The number of aryl methyl sites for hydroxylation is 2. The number of rotatable bonds is 4. The van der Waals surface area contributed by atoms with Gasteiger partial charge in [-0.2, -0.15) is 0 Å². The summed E-state index contributed by atoms with van der Waals surface area (Å²) < 4.78 is 5.20. The highest BCUT2D eigenvalue weighted by atomic mass is 16.5. The molecule has 1 spiro atoms. The topological polar surface area (TPSA) is 86.9 Å². The number of hydrogen-bond acceptors (Lipinski definition) is 5. The van der Waals surface area contributed by atoms with Crippen molar-refractivity contribution in [1.82, 2.24) is 15.0 Å². The lowest BCUT2D eigenvalue weighted by atomic mass is 9.77. The molecule has 1 unspecified atom stereocenters. The summed E-state index contributed by atoms with van der Waals surface area (Å²) in [5, 5.41) is 14.2. The Kier molecular flexibility index (Phi) is 4.10. The van der Waals surface area contributed by atoms with Crippen molar-refractivity contribution in [1.29, 1.82) is 0 Å². The van der Waals surface area contributed by atoms with E-state index in [-0.39, 0.29) is 23.7 Å². The van der Waals surface area contributed by atoms with Crippen molar-refractivity contribution < 1.29 is 19.2 Å². The van der Waals surface area contributed by atoms with Crippen molar-refractivity contribution in [2.24, 2.45) is 5.41 Å². The molecule has 1 aromatic heterocycles. The number of aliphatic hydroxyl groups is 1. The largest absolute Gasteiger partial charge is 0.389 e. The van der Waals surface area contributed by atoms with Crippen LogP contribution in [-0.2, 0) is 16.1 Å². The molecule has 3 heterocycles. The lowest BCUT2D eigenvalue weighted by molar-refractivity contribution is -0.139. The number of carbonyl (C=O) groups is 2. The summed E-state index contributed by atoms with van der Waals surface area (Å²) in [4.78, 5) is 28.9. The Hall–Kier alpha value is -1.89. The van der Waals surface area contributed by atoms with Crippen molar-refractivity contribution in [2.75, 3.05) is 19.6 Å². The number of amides is 2. The SMILES string of the molecule is Cc1noc(C)c1CN1CC2(CCN(C(=O)CC3(O)CCC3)C2)CC1=O. The summed E-state index contributed by atoms with van der Waals surface area (Å²) in [6.07, 6.45) is 4.01. The van der Waals surface area contributed by atoms with E-state index in [2.05, 4.69) is 5.16 Å². The first-order chi connectivity index (χ1) is 12.3. The zero-order chi connectivity index (χ0) is 18.5. The van der Waals surface area contributed by atoms with Gasteiger partial charge in [0.25, 0.3) is 0 Å². The minimum absolute atomic E-state index is 0.0284. The molecule has 0 radical (unpaired) electrons. The molecule has 2 amide bonds. The average molecular weight is 361 g/mol. The van der Waals surface area contributed by atoms with Crippen LogP contribution < -0.4 is 0 Å². The van der Waals surface area contributed by atoms with E-state index in [0.717, 1.165) is 42.7 Å². The van der Waals surface area contributed by atoms with E-state index in [1.54, 1.807) is 0 Å². The highest BCUT2D eigenvalue weighted by molar-refractivity contribution is 5.81. The Balaban J connectivity index is 1.39. The summed E-state index contributed by atoms with van der Waals surface area (Å²) in [5.74, 6) is 0.922. The van der Waals surface area contributed by atoms with Gasteiger partial charge >= 0.3 is 0 Å². The molecule has 0 bridgehead atoms. The van der Waals surface area contributed by atoms with E-state index >= 15 is 0 Å². The van der Waals surface area contributed by atoms with Gasteiger partial charge in [0, 0.05) is 37.0 Å². The summed E-state index contributed by atoms with van der Waals surface area (Å²) in [6.45, 7) is 6.25. The first kappa shape index (κ1) is 17.5. The summed E-state index contributed by atoms with van der Waals surface area (Å²) in [7, 11) is 0. The van der Waals surface area contributed by atoms with Crippen LogP contribution in [0.5, 0.6) is 0 Å². The predicted molar refractivity (Wildman–Crippen MR) is 93.1 cm³/mol. The number of nitrogens with zero attached hydrogens (tertiary/aromatic N) is 3. The molecule has 3 fully saturated rings. The maximum atomic E-state index is 12.6. The number of carbonyl (C=O) groups excluding carboxylic acids is 2. The third-order valence-corrected chi connectivity index (χ3v) is 6.49. The molecule has 1 saturated carbocycles. The van der Waals surface area contributed by atoms with Crippen molar-refractivity contribution in [3.05, 3.63) is 17.0 Å². The number of likely N-dealkylation sites (tertiary alicyclic amines) is 2. The van der Waals surface area contributed by atoms with E-state index in [1.165, 1.54) is 0 Å².